The van der Waals surface area contributed by atoms with Crippen molar-refractivity contribution in [3.8, 4) is 0 Å². The molecule has 0 radical (unpaired) electrons. The van der Waals surface area contributed by atoms with Crippen LogP contribution in [0.25, 0.3) is 0 Å². The highest BCUT2D eigenvalue weighted by molar-refractivity contribution is 7.98. The van der Waals surface area contributed by atoms with Crippen LogP contribution in [-0.4, -0.2) is 39.7 Å². The Kier molecular flexibility index (Phi) is 5.34. The average molecular weight is 370 g/mol. The predicted molar refractivity (Wildman–Crippen MR) is 106 cm³/mol. The number of aromatic nitrogens is 2. The largest absolute Gasteiger partial charge is 0.338 e. The van der Waals surface area contributed by atoms with E-state index in [2.05, 4.69) is 15.7 Å². The third kappa shape index (κ3) is 3.54. The Hall–Kier alpha value is -1.75. The number of amides is 1. The van der Waals surface area contributed by atoms with Gasteiger partial charge in [-0.1, -0.05) is 18.6 Å². The van der Waals surface area contributed by atoms with E-state index in [0.29, 0.717) is 5.92 Å². The van der Waals surface area contributed by atoms with E-state index in [4.69, 9.17) is 0 Å². The molecule has 4 nitrogen and oxygen atoms in total. The first-order valence-corrected chi connectivity index (χ1v) is 10.9. The van der Waals surface area contributed by atoms with Gasteiger partial charge in [0.1, 0.15) is 5.82 Å². The summed E-state index contributed by atoms with van der Waals surface area (Å²) in [5.74, 6) is 2.51. The fourth-order valence-electron chi connectivity index (χ4n) is 4.15. The van der Waals surface area contributed by atoms with Crippen LogP contribution in [0.4, 0.5) is 0 Å². The number of rotatable bonds is 5. The number of piperidine rings is 1. The topological polar surface area (TPSA) is 38.1 Å². The lowest BCUT2D eigenvalue weighted by Crippen LogP contribution is -2.40. The summed E-state index contributed by atoms with van der Waals surface area (Å²) >= 11 is 1.64. The Bertz CT molecular complexity index is 768. The van der Waals surface area contributed by atoms with Gasteiger partial charge in [-0.05, 0) is 50.0 Å². The zero-order chi connectivity index (χ0) is 17.9. The Morgan fingerprint density at radius 3 is 2.85 bits per heavy atom. The van der Waals surface area contributed by atoms with Gasteiger partial charge in [-0.3, -0.25) is 4.79 Å². The van der Waals surface area contributed by atoms with Gasteiger partial charge in [0.15, 0.2) is 0 Å². The zero-order valence-corrected chi connectivity index (χ0v) is 16.3. The molecule has 2 aromatic rings. The molecule has 4 rings (SSSR count). The maximum atomic E-state index is 13.1. The van der Waals surface area contributed by atoms with Crippen LogP contribution in [0.5, 0.6) is 0 Å². The van der Waals surface area contributed by atoms with Crippen LogP contribution in [-0.2, 0) is 6.54 Å². The Morgan fingerprint density at radius 2 is 2.08 bits per heavy atom. The van der Waals surface area contributed by atoms with Gasteiger partial charge in [0.25, 0.3) is 5.91 Å². The molecule has 2 aliphatic rings. The minimum atomic E-state index is 0.164. The quantitative estimate of drug-likeness (QED) is 0.732. The Morgan fingerprint density at radius 1 is 1.23 bits per heavy atom. The molecule has 1 aromatic heterocycles. The van der Waals surface area contributed by atoms with Crippen LogP contribution in [0.15, 0.2) is 41.6 Å². The molecule has 2 fully saturated rings. The Balaban J connectivity index is 1.49. The Labute approximate surface area is 160 Å². The number of hydrogen-bond donors (Lipinski definition) is 0. The number of hydrogen-bond acceptors (Lipinski definition) is 3. The molecule has 1 aromatic carbocycles. The van der Waals surface area contributed by atoms with E-state index in [1.165, 1.54) is 25.1 Å². The number of benzene rings is 1. The van der Waals surface area contributed by atoms with Gasteiger partial charge in [0.05, 0.1) is 5.56 Å². The van der Waals surface area contributed by atoms with E-state index in [9.17, 15) is 4.79 Å². The number of nitrogens with zero attached hydrogens (tertiary/aromatic N) is 3. The lowest BCUT2D eigenvalue weighted by atomic mass is 9.85. The molecule has 1 amide bonds. The molecule has 1 aliphatic heterocycles. The molecule has 0 N–H and O–H groups in total. The van der Waals surface area contributed by atoms with Crippen molar-refractivity contribution in [3.63, 3.8) is 0 Å². The smallest absolute Gasteiger partial charge is 0.255 e. The van der Waals surface area contributed by atoms with Crippen LogP contribution in [0.2, 0.25) is 0 Å². The minimum Gasteiger partial charge on any atom is -0.338 e. The number of imidazole rings is 1. The first-order chi connectivity index (χ1) is 12.8. The third-order valence-electron chi connectivity index (χ3n) is 5.84. The van der Waals surface area contributed by atoms with Crippen LogP contribution >= 0.6 is 11.8 Å². The van der Waals surface area contributed by atoms with E-state index in [1.54, 1.807) is 11.8 Å². The first kappa shape index (κ1) is 17.7. The first-order valence-electron chi connectivity index (χ1n) is 9.69. The number of carbonyl (C=O) groups excluding carboxylic acids is 1. The molecule has 1 saturated heterocycles. The SMILES string of the molecule is CSc1ccccc1C(=O)N1CCC[C@@H](c2nccn2CC2CCC2)C1. The molecule has 138 valence electrons. The van der Waals surface area contributed by atoms with E-state index in [0.717, 1.165) is 48.9 Å². The lowest BCUT2D eigenvalue weighted by Gasteiger charge is -2.34. The summed E-state index contributed by atoms with van der Waals surface area (Å²) in [4.78, 5) is 20.9. The van der Waals surface area contributed by atoms with Gasteiger partial charge >= 0.3 is 0 Å². The van der Waals surface area contributed by atoms with E-state index in [1.807, 2.05) is 41.6 Å². The molecular weight excluding hydrogens is 342 g/mol. The van der Waals surface area contributed by atoms with E-state index >= 15 is 0 Å². The van der Waals surface area contributed by atoms with Gasteiger partial charge in [0, 0.05) is 42.8 Å². The van der Waals surface area contributed by atoms with Gasteiger partial charge in [-0.15, -0.1) is 11.8 Å². The van der Waals surface area contributed by atoms with Crippen LogP contribution in [0, 0.1) is 5.92 Å². The highest BCUT2D eigenvalue weighted by Crippen LogP contribution is 2.32. The molecule has 2 heterocycles. The van der Waals surface area contributed by atoms with E-state index < -0.39 is 0 Å². The van der Waals surface area contributed by atoms with Crippen LogP contribution in [0.3, 0.4) is 0 Å². The summed E-state index contributed by atoms with van der Waals surface area (Å²) in [6, 6.07) is 7.94. The minimum absolute atomic E-state index is 0.164. The molecule has 0 spiro atoms. The van der Waals surface area contributed by atoms with Gasteiger partial charge < -0.3 is 9.47 Å². The van der Waals surface area contributed by atoms with Crippen molar-refractivity contribution in [3.05, 3.63) is 48.0 Å². The normalized spacial score (nSPS) is 20.8. The summed E-state index contributed by atoms with van der Waals surface area (Å²) in [5.41, 5.74) is 0.832. The molecule has 1 aliphatic carbocycles. The predicted octanol–water partition coefficient (Wildman–Crippen LogP) is 4.42. The maximum Gasteiger partial charge on any atom is 0.255 e. The molecule has 0 bridgehead atoms. The second-order valence-electron chi connectivity index (χ2n) is 7.53. The van der Waals surface area contributed by atoms with Gasteiger partial charge in [0.2, 0.25) is 0 Å². The highest BCUT2D eigenvalue weighted by atomic mass is 32.2. The summed E-state index contributed by atoms with van der Waals surface area (Å²) in [7, 11) is 0. The average Bonchev–Trinajstić information content (AvgIpc) is 3.12. The van der Waals surface area contributed by atoms with Crippen molar-refractivity contribution in [2.24, 2.45) is 5.92 Å². The van der Waals surface area contributed by atoms with E-state index in [-0.39, 0.29) is 5.91 Å². The van der Waals surface area contributed by atoms with Crippen molar-refractivity contribution < 1.29 is 4.79 Å². The molecule has 1 atom stereocenters. The van der Waals surface area contributed by atoms with Crippen molar-refractivity contribution in [1.29, 1.82) is 0 Å². The summed E-state index contributed by atoms with van der Waals surface area (Å²) in [6.45, 7) is 2.72. The summed E-state index contributed by atoms with van der Waals surface area (Å²) in [6.07, 6.45) is 12.3. The maximum absolute atomic E-state index is 13.1. The number of carbonyl (C=O) groups is 1. The van der Waals surface area contributed by atoms with Crippen molar-refractivity contribution in [2.75, 3.05) is 19.3 Å². The van der Waals surface area contributed by atoms with Crippen LogP contribution < -0.4 is 0 Å². The zero-order valence-electron chi connectivity index (χ0n) is 15.4. The monoisotopic (exact) mass is 369 g/mol. The highest BCUT2D eigenvalue weighted by Gasteiger charge is 2.29. The molecule has 5 heteroatoms. The second kappa shape index (κ2) is 7.87. The van der Waals surface area contributed by atoms with Crippen LogP contribution in [0.1, 0.15) is 54.2 Å². The van der Waals surface area contributed by atoms with Gasteiger partial charge in [-0.25, -0.2) is 4.98 Å². The fraction of sp³-hybridized carbons (Fsp3) is 0.524. The molecular formula is C21H27N3OS. The number of likely N-dealkylation sites (tertiary alicyclic amines) is 1. The summed E-state index contributed by atoms with van der Waals surface area (Å²) in [5, 5.41) is 0. The van der Waals surface area contributed by atoms with Crippen molar-refractivity contribution >= 4 is 17.7 Å². The lowest BCUT2D eigenvalue weighted by molar-refractivity contribution is 0.0699. The van der Waals surface area contributed by atoms with Crippen molar-refractivity contribution in [1.82, 2.24) is 14.5 Å². The standard InChI is InChI=1S/C21H27N3OS/c1-26-19-10-3-2-9-18(19)21(25)24-12-5-8-17(15-24)20-22-11-13-23(20)14-16-6-4-7-16/h2-3,9-11,13,16-17H,4-8,12,14-15H2,1H3/t17-/m1/s1. The second-order valence-corrected chi connectivity index (χ2v) is 8.37. The fourth-order valence-corrected chi connectivity index (χ4v) is 4.74. The summed E-state index contributed by atoms with van der Waals surface area (Å²) < 4.78 is 2.35. The van der Waals surface area contributed by atoms with Crippen molar-refractivity contribution in [2.45, 2.75) is 49.5 Å². The molecule has 26 heavy (non-hydrogen) atoms. The molecule has 0 unspecified atom stereocenters. The number of thioether (sulfide) groups is 1. The third-order valence-corrected chi connectivity index (χ3v) is 6.63. The molecule has 1 saturated carbocycles. The van der Waals surface area contributed by atoms with Gasteiger partial charge in [-0.2, -0.15) is 0 Å².